The largest absolute Gasteiger partial charge is 0.483 e. The number of carbonyl (C=O) groups is 2. The third kappa shape index (κ3) is 5.34. The van der Waals surface area contributed by atoms with Crippen molar-refractivity contribution in [3.8, 4) is 5.75 Å². The molecule has 0 N–H and O–H groups in total. The Morgan fingerprint density at radius 1 is 1.36 bits per heavy atom. The molecular weight excluding hydrogens is 370 g/mol. The van der Waals surface area contributed by atoms with Gasteiger partial charge in [0, 0.05) is 11.1 Å². The summed E-state index contributed by atoms with van der Waals surface area (Å²) in [7, 11) is -1.98. The van der Waals surface area contributed by atoms with Crippen LogP contribution in [0.1, 0.15) is 12.0 Å². The van der Waals surface area contributed by atoms with E-state index in [2.05, 4.69) is 4.74 Å². The molecule has 1 amide bonds. The van der Waals surface area contributed by atoms with Crippen molar-refractivity contribution >= 4 is 33.3 Å². The first-order chi connectivity index (χ1) is 11.7. The molecule has 1 saturated heterocycles. The zero-order valence-electron chi connectivity index (χ0n) is 14.0. The second kappa shape index (κ2) is 8.05. The Balaban J connectivity index is 2.08. The Kier molecular flexibility index (Phi) is 6.29. The first-order valence-corrected chi connectivity index (χ1v) is 9.87. The molecule has 0 aromatic heterocycles. The fourth-order valence-electron chi connectivity index (χ4n) is 2.64. The molecule has 0 spiro atoms. The summed E-state index contributed by atoms with van der Waals surface area (Å²) >= 11 is 5.88. The summed E-state index contributed by atoms with van der Waals surface area (Å²) in [4.78, 5) is 25.3. The Hall–Kier alpha value is -1.80. The molecule has 2 rings (SSSR count). The van der Waals surface area contributed by atoms with Crippen LogP contribution < -0.4 is 4.74 Å². The lowest BCUT2D eigenvalue weighted by Crippen LogP contribution is -2.46. The van der Waals surface area contributed by atoms with Gasteiger partial charge in [-0.05, 0) is 37.1 Å². The van der Waals surface area contributed by atoms with Crippen LogP contribution in [0.4, 0.5) is 0 Å². The summed E-state index contributed by atoms with van der Waals surface area (Å²) in [5.74, 6) is -0.743. The number of sulfone groups is 1. The average molecular weight is 390 g/mol. The van der Waals surface area contributed by atoms with Crippen LogP contribution in [0.3, 0.4) is 0 Å². The predicted molar refractivity (Wildman–Crippen MR) is 92.5 cm³/mol. The Labute approximate surface area is 151 Å². The van der Waals surface area contributed by atoms with Crippen LogP contribution in [0.5, 0.6) is 5.75 Å². The number of hydrogen-bond acceptors (Lipinski definition) is 6. The lowest BCUT2D eigenvalue weighted by molar-refractivity contribution is -0.149. The van der Waals surface area contributed by atoms with Gasteiger partial charge in [0.25, 0.3) is 5.91 Å². The van der Waals surface area contributed by atoms with Gasteiger partial charge in [0.05, 0.1) is 18.6 Å². The van der Waals surface area contributed by atoms with Crippen molar-refractivity contribution in [2.24, 2.45) is 0 Å². The van der Waals surface area contributed by atoms with E-state index in [1.165, 1.54) is 12.0 Å². The smallest absolute Gasteiger partial charge is 0.325 e. The van der Waals surface area contributed by atoms with Crippen molar-refractivity contribution in [1.29, 1.82) is 0 Å². The minimum atomic E-state index is -3.20. The number of nitrogens with zero attached hydrogens (tertiary/aromatic N) is 1. The van der Waals surface area contributed by atoms with Crippen LogP contribution >= 0.6 is 11.6 Å². The molecule has 0 saturated carbocycles. The SMILES string of the molecule is COC(=O)CN(C(=O)COc1ccc(Cl)cc1C)C1CCS(=O)(=O)C1. The second-order valence-corrected chi connectivity index (χ2v) is 8.52. The summed E-state index contributed by atoms with van der Waals surface area (Å²) in [5, 5.41) is 0.555. The molecule has 1 aromatic rings. The van der Waals surface area contributed by atoms with Gasteiger partial charge in [0.1, 0.15) is 12.3 Å². The molecule has 1 aliphatic heterocycles. The van der Waals surface area contributed by atoms with Gasteiger partial charge in [-0.2, -0.15) is 0 Å². The number of esters is 1. The van der Waals surface area contributed by atoms with Crippen molar-refractivity contribution in [3.63, 3.8) is 0 Å². The minimum absolute atomic E-state index is 0.000229. The van der Waals surface area contributed by atoms with Crippen LogP contribution in [0.15, 0.2) is 18.2 Å². The zero-order chi connectivity index (χ0) is 18.6. The summed E-state index contributed by atoms with van der Waals surface area (Å²) in [6, 6.07) is 4.45. The highest BCUT2D eigenvalue weighted by atomic mass is 35.5. The molecule has 9 heteroatoms. The van der Waals surface area contributed by atoms with Crippen molar-refractivity contribution in [2.75, 3.05) is 31.8 Å². The molecular formula is C16H20ClNO6S. The van der Waals surface area contributed by atoms with Crippen LogP contribution in [0, 0.1) is 6.92 Å². The van der Waals surface area contributed by atoms with Crippen molar-refractivity contribution in [3.05, 3.63) is 28.8 Å². The summed E-state index contributed by atoms with van der Waals surface area (Å²) in [6.07, 6.45) is 0.297. The monoisotopic (exact) mass is 389 g/mol. The number of aryl methyl sites for hydroxylation is 1. The van der Waals surface area contributed by atoms with Crippen LogP contribution in [-0.2, 0) is 24.2 Å². The molecule has 1 atom stereocenters. The van der Waals surface area contributed by atoms with E-state index in [9.17, 15) is 18.0 Å². The molecule has 1 unspecified atom stereocenters. The quantitative estimate of drug-likeness (QED) is 0.679. The fourth-order valence-corrected chi connectivity index (χ4v) is 4.60. The van der Waals surface area contributed by atoms with Gasteiger partial charge in [0.15, 0.2) is 16.4 Å². The second-order valence-electron chi connectivity index (χ2n) is 5.85. The predicted octanol–water partition coefficient (Wildman–Crippen LogP) is 1.22. The third-order valence-corrected chi connectivity index (χ3v) is 5.97. The molecule has 1 fully saturated rings. The van der Waals surface area contributed by atoms with Crippen molar-refractivity contribution in [2.45, 2.75) is 19.4 Å². The van der Waals surface area contributed by atoms with Gasteiger partial charge in [-0.3, -0.25) is 9.59 Å². The van der Waals surface area contributed by atoms with Gasteiger partial charge in [-0.1, -0.05) is 11.6 Å². The van der Waals surface area contributed by atoms with Gasteiger partial charge >= 0.3 is 5.97 Å². The summed E-state index contributed by atoms with van der Waals surface area (Å²) in [6.45, 7) is 1.18. The molecule has 7 nitrogen and oxygen atoms in total. The molecule has 0 bridgehead atoms. The first kappa shape index (κ1) is 19.5. The first-order valence-electron chi connectivity index (χ1n) is 7.67. The van der Waals surface area contributed by atoms with Crippen LogP contribution in [0.2, 0.25) is 5.02 Å². The lowest BCUT2D eigenvalue weighted by Gasteiger charge is -2.27. The van der Waals surface area contributed by atoms with Gasteiger partial charge in [-0.25, -0.2) is 8.42 Å². The molecule has 1 aromatic carbocycles. The number of carbonyl (C=O) groups excluding carboxylic acids is 2. The van der Waals surface area contributed by atoms with Gasteiger partial charge in [-0.15, -0.1) is 0 Å². The zero-order valence-corrected chi connectivity index (χ0v) is 15.6. The Morgan fingerprint density at radius 2 is 2.08 bits per heavy atom. The number of ether oxygens (including phenoxy) is 2. The van der Waals surface area contributed by atoms with E-state index < -0.39 is 27.8 Å². The van der Waals surface area contributed by atoms with Gasteiger partial charge < -0.3 is 14.4 Å². The van der Waals surface area contributed by atoms with E-state index in [1.807, 2.05) is 0 Å². The number of hydrogen-bond donors (Lipinski definition) is 0. The maximum absolute atomic E-state index is 12.5. The van der Waals surface area contributed by atoms with E-state index in [0.29, 0.717) is 17.2 Å². The number of halogens is 1. The standard InChI is InChI=1S/C16H20ClNO6S/c1-11-7-12(17)3-4-14(11)24-9-15(19)18(8-16(20)23-2)13-5-6-25(21,22)10-13/h3-4,7,13H,5-6,8-10H2,1-2H3. The Bertz CT molecular complexity index is 764. The molecule has 1 heterocycles. The fraction of sp³-hybridized carbons (Fsp3) is 0.500. The summed E-state index contributed by atoms with van der Waals surface area (Å²) < 4.78 is 33.5. The van der Waals surface area contributed by atoms with E-state index >= 15 is 0 Å². The van der Waals surface area contributed by atoms with Crippen LogP contribution in [0.25, 0.3) is 0 Å². The van der Waals surface area contributed by atoms with Crippen LogP contribution in [-0.4, -0.2) is 63.0 Å². The molecule has 0 radical (unpaired) electrons. The van der Waals surface area contributed by atoms with Crippen molar-refractivity contribution < 1.29 is 27.5 Å². The molecule has 138 valence electrons. The third-order valence-electron chi connectivity index (χ3n) is 3.98. The molecule has 1 aliphatic rings. The number of amides is 1. The topological polar surface area (TPSA) is 90.0 Å². The van der Waals surface area contributed by atoms with E-state index in [0.717, 1.165) is 5.56 Å². The molecule has 25 heavy (non-hydrogen) atoms. The van der Waals surface area contributed by atoms with Gasteiger partial charge in [0.2, 0.25) is 0 Å². The highest BCUT2D eigenvalue weighted by molar-refractivity contribution is 7.91. The highest BCUT2D eigenvalue weighted by Gasteiger charge is 2.35. The average Bonchev–Trinajstić information content (AvgIpc) is 2.90. The Morgan fingerprint density at radius 3 is 2.64 bits per heavy atom. The van der Waals surface area contributed by atoms with E-state index in [4.69, 9.17) is 16.3 Å². The number of rotatable bonds is 6. The normalized spacial score (nSPS) is 18.6. The minimum Gasteiger partial charge on any atom is -0.483 e. The molecule has 0 aliphatic carbocycles. The lowest BCUT2D eigenvalue weighted by atomic mass is 10.2. The number of methoxy groups -OCH3 is 1. The van der Waals surface area contributed by atoms with E-state index in [1.54, 1.807) is 25.1 Å². The maximum atomic E-state index is 12.5. The highest BCUT2D eigenvalue weighted by Crippen LogP contribution is 2.22. The van der Waals surface area contributed by atoms with Crippen molar-refractivity contribution in [1.82, 2.24) is 4.90 Å². The number of benzene rings is 1. The maximum Gasteiger partial charge on any atom is 0.325 e. The summed E-state index contributed by atoms with van der Waals surface area (Å²) in [5.41, 5.74) is 0.767. The van der Waals surface area contributed by atoms with E-state index in [-0.39, 0.29) is 24.7 Å².